The number of pyridine rings is 1. The average Bonchev–Trinajstić information content (AvgIpc) is 3.33. The van der Waals surface area contributed by atoms with Crippen LogP contribution in [0.15, 0.2) is 48.8 Å². The van der Waals surface area contributed by atoms with E-state index in [1.54, 1.807) is 19.1 Å². The van der Waals surface area contributed by atoms with E-state index in [0.717, 1.165) is 12.7 Å². The minimum absolute atomic E-state index is 0.00219. The largest absolute Gasteiger partial charge is 0.487 e. The summed E-state index contributed by atoms with van der Waals surface area (Å²) in [4.78, 5) is 19.5. The fraction of sp³-hybridized carbons (Fsp3) is 0.321. The molecule has 1 aliphatic rings. The number of carbonyl (C=O) groups is 1. The van der Waals surface area contributed by atoms with Gasteiger partial charge in [0.05, 0.1) is 35.8 Å². The third-order valence-corrected chi connectivity index (χ3v) is 7.00. The Morgan fingerprint density at radius 3 is 2.85 bits per heavy atom. The van der Waals surface area contributed by atoms with Crippen molar-refractivity contribution in [3.05, 3.63) is 82.3 Å². The van der Waals surface area contributed by atoms with Crippen LogP contribution in [0.25, 0.3) is 16.6 Å². The predicted octanol–water partition coefficient (Wildman–Crippen LogP) is 4.75. The first-order valence-corrected chi connectivity index (χ1v) is 12.9. The SMILES string of the molecule is Cc1cc(-n2cc(F)cn2)c2cccc(OCc3c(Cl)cc(F)cc3[C@H](C)NC(=O)C3CN(C)CCO3)c2n1. The van der Waals surface area contributed by atoms with Crippen molar-refractivity contribution in [1.29, 1.82) is 0 Å². The highest BCUT2D eigenvalue weighted by atomic mass is 35.5. The maximum Gasteiger partial charge on any atom is 0.250 e. The normalized spacial score (nSPS) is 16.8. The lowest BCUT2D eigenvalue weighted by molar-refractivity contribution is -0.138. The van der Waals surface area contributed by atoms with Crippen molar-refractivity contribution < 1.29 is 23.0 Å². The van der Waals surface area contributed by atoms with Gasteiger partial charge in [-0.3, -0.25) is 4.79 Å². The lowest BCUT2D eigenvalue weighted by Gasteiger charge is -2.30. The number of nitrogens with one attached hydrogen (secondary N) is 1. The van der Waals surface area contributed by atoms with E-state index in [4.69, 9.17) is 21.1 Å². The zero-order valence-corrected chi connectivity index (χ0v) is 22.5. The van der Waals surface area contributed by atoms with E-state index in [0.29, 0.717) is 52.3 Å². The fourth-order valence-corrected chi connectivity index (χ4v) is 4.97. The van der Waals surface area contributed by atoms with Crippen LogP contribution in [0.1, 0.15) is 29.8 Å². The molecule has 3 heterocycles. The van der Waals surface area contributed by atoms with Crippen LogP contribution in [0.5, 0.6) is 5.75 Å². The number of fused-ring (bicyclic) bond motifs is 1. The van der Waals surface area contributed by atoms with Crippen molar-refractivity contribution in [2.24, 2.45) is 0 Å². The Morgan fingerprint density at radius 1 is 1.28 bits per heavy atom. The number of rotatable bonds is 7. The molecule has 8 nitrogen and oxygen atoms in total. The lowest BCUT2D eigenvalue weighted by atomic mass is 10.0. The number of para-hydroxylation sites is 1. The van der Waals surface area contributed by atoms with Crippen molar-refractivity contribution in [3.8, 4) is 11.4 Å². The van der Waals surface area contributed by atoms with Gasteiger partial charge in [0.2, 0.25) is 0 Å². The van der Waals surface area contributed by atoms with E-state index < -0.39 is 23.8 Å². The van der Waals surface area contributed by atoms with Crippen LogP contribution in [0.3, 0.4) is 0 Å². The first-order chi connectivity index (χ1) is 18.7. The number of amides is 1. The van der Waals surface area contributed by atoms with Crippen LogP contribution in [0.4, 0.5) is 8.78 Å². The van der Waals surface area contributed by atoms with Crippen LogP contribution in [0.2, 0.25) is 5.02 Å². The molecule has 2 atom stereocenters. The Labute approximate surface area is 229 Å². The summed E-state index contributed by atoms with van der Waals surface area (Å²) >= 11 is 6.47. The van der Waals surface area contributed by atoms with E-state index in [2.05, 4.69) is 15.4 Å². The van der Waals surface area contributed by atoms with Gasteiger partial charge >= 0.3 is 0 Å². The molecule has 11 heteroatoms. The topological polar surface area (TPSA) is 81.5 Å². The first-order valence-electron chi connectivity index (χ1n) is 12.5. The minimum atomic E-state index is -0.614. The van der Waals surface area contributed by atoms with Crippen LogP contribution in [0, 0.1) is 18.6 Å². The van der Waals surface area contributed by atoms with Crippen molar-refractivity contribution >= 4 is 28.4 Å². The summed E-state index contributed by atoms with van der Waals surface area (Å²) in [5.41, 5.74) is 2.93. The number of likely N-dealkylation sites (N-methyl/N-ethyl adjacent to an activating group) is 1. The maximum atomic E-state index is 14.4. The van der Waals surface area contributed by atoms with Gasteiger partial charge in [0.15, 0.2) is 5.82 Å². The zero-order chi connectivity index (χ0) is 27.7. The molecule has 1 N–H and O–H groups in total. The number of carbonyl (C=O) groups excluding carboxylic acids is 1. The molecule has 1 fully saturated rings. The monoisotopic (exact) mass is 555 g/mol. The molecule has 0 radical (unpaired) electrons. The fourth-order valence-electron chi connectivity index (χ4n) is 4.70. The zero-order valence-electron chi connectivity index (χ0n) is 21.7. The third-order valence-electron chi connectivity index (χ3n) is 6.66. The Bertz CT molecular complexity index is 1530. The van der Waals surface area contributed by atoms with Crippen molar-refractivity contribution in [2.75, 3.05) is 26.7 Å². The molecule has 39 heavy (non-hydrogen) atoms. The Balaban J connectivity index is 1.42. The van der Waals surface area contributed by atoms with Crippen molar-refractivity contribution in [1.82, 2.24) is 25.0 Å². The number of aromatic nitrogens is 3. The number of hydrogen-bond acceptors (Lipinski definition) is 6. The van der Waals surface area contributed by atoms with E-state index in [-0.39, 0.29) is 17.5 Å². The summed E-state index contributed by atoms with van der Waals surface area (Å²) in [5, 5.41) is 7.90. The number of morpholine rings is 1. The van der Waals surface area contributed by atoms with Gasteiger partial charge in [-0.25, -0.2) is 18.4 Å². The molecule has 4 aromatic rings. The second kappa shape index (κ2) is 11.3. The maximum absolute atomic E-state index is 14.4. The van der Waals surface area contributed by atoms with Gasteiger partial charge in [-0.1, -0.05) is 23.7 Å². The molecule has 2 aromatic carbocycles. The molecule has 1 aliphatic heterocycles. The summed E-state index contributed by atoms with van der Waals surface area (Å²) in [6.07, 6.45) is 1.81. The van der Waals surface area contributed by atoms with E-state index in [9.17, 15) is 13.6 Å². The van der Waals surface area contributed by atoms with Gasteiger partial charge in [-0.15, -0.1) is 0 Å². The molecular formula is C28H28ClF2N5O3. The van der Waals surface area contributed by atoms with Crippen LogP contribution < -0.4 is 10.1 Å². The molecular weight excluding hydrogens is 528 g/mol. The number of hydrogen-bond donors (Lipinski definition) is 1. The van der Waals surface area contributed by atoms with E-state index >= 15 is 0 Å². The lowest BCUT2D eigenvalue weighted by Crippen LogP contribution is -2.48. The number of halogens is 3. The molecule has 0 bridgehead atoms. The molecule has 0 spiro atoms. The van der Waals surface area contributed by atoms with Crippen molar-refractivity contribution in [2.45, 2.75) is 32.6 Å². The first kappa shape index (κ1) is 27.0. The van der Waals surface area contributed by atoms with Gasteiger partial charge < -0.3 is 19.7 Å². The standard InChI is InChI=1S/C28H28ClF2N5O3/c1-16-9-24(36-13-19(31)12-32-36)20-5-4-6-25(27(20)33-16)39-15-22-21(10-18(30)11-23(22)29)17(2)34-28(37)26-14-35(3)7-8-38-26/h4-6,9-13,17,26H,7-8,14-15H2,1-3H3,(H,34,37)/t17-,26?/m0/s1. The van der Waals surface area contributed by atoms with Gasteiger partial charge in [-0.2, -0.15) is 5.10 Å². The Hall–Kier alpha value is -3.60. The molecule has 1 saturated heterocycles. The molecule has 5 rings (SSSR count). The minimum Gasteiger partial charge on any atom is -0.487 e. The highest BCUT2D eigenvalue weighted by Crippen LogP contribution is 2.32. The number of nitrogens with zero attached hydrogens (tertiary/aromatic N) is 4. The number of benzene rings is 2. The average molecular weight is 556 g/mol. The molecule has 2 aromatic heterocycles. The third kappa shape index (κ3) is 5.88. The molecule has 0 aliphatic carbocycles. The van der Waals surface area contributed by atoms with Crippen molar-refractivity contribution in [3.63, 3.8) is 0 Å². The van der Waals surface area contributed by atoms with Gasteiger partial charge in [0, 0.05) is 29.7 Å². The number of ether oxygens (including phenoxy) is 2. The predicted molar refractivity (Wildman–Crippen MR) is 143 cm³/mol. The van der Waals surface area contributed by atoms with Gasteiger partial charge in [-0.05, 0) is 50.7 Å². The summed E-state index contributed by atoms with van der Waals surface area (Å²) in [6.45, 7) is 5.27. The highest BCUT2D eigenvalue weighted by Gasteiger charge is 2.27. The van der Waals surface area contributed by atoms with E-state index in [1.165, 1.54) is 23.0 Å². The molecule has 204 valence electrons. The quantitative estimate of drug-likeness (QED) is 0.354. The smallest absolute Gasteiger partial charge is 0.250 e. The molecule has 1 unspecified atom stereocenters. The Kier molecular flexibility index (Phi) is 7.79. The van der Waals surface area contributed by atoms with Gasteiger partial charge in [0.25, 0.3) is 5.91 Å². The van der Waals surface area contributed by atoms with E-state index in [1.807, 2.05) is 31.0 Å². The summed E-state index contributed by atoms with van der Waals surface area (Å²) < 4.78 is 41.3. The summed E-state index contributed by atoms with van der Waals surface area (Å²) in [6, 6.07) is 9.23. The summed E-state index contributed by atoms with van der Waals surface area (Å²) in [7, 11) is 1.92. The second-order valence-electron chi connectivity index (χ2n) is 9.63. The summed E-state index contributed by atoms with van der Waals surface area (Å²) in [5.74, 6) is -0.789. The van der Waals surface area contributed by atoms with Crippen LogP contribution >= 0.6 is 11.6 Å². The number of aryl methyl sites for hydroxylation is 1. The van der Waals surface area contributed by atoms with Crippen LogP contribution in [-0.2, 0) is 16.1 Å². The van der Waals surface area contributed by atoms with Gasteiger partial charge in [0.1, 0.15) is 29.8 Å². The second-order valence-corrected chi connectivity index (χ2v) is 10.0. The molecule has 0 saturated carbocycles. The highest BCUT2D eigenvalue weighted by molar-refractivity contribution is 6.31. The Morgan fingerprint density at radius 2 is 2.10 bits per heavy atom. The molecule has 1 amide bonds. The van der Waals surface area contributed by atoms with Crippen LogP contribution in [-0.4, -0.2) is 58.4 Å².